The Hall–Kier alpha value is -3.03. The minimum Gasteiger partial charge on any atom is -0.507 e. The van der Waals surface area contributed by atoms with Gasteiger partial charge in [0.05, 0.1) is 11.1 Å². The molecule has 7 heteroatoms. The average molecular weight is 485 g/mol. The molecule has 0 bridgehead atoms. The highest BCUT2D eigenvalue weighted by atomic mass is 16.3. The smallest absolute Gasteiger partial charge is 0.165 e. The van der Waals surface area contributed by atoms with Crippen molar-refractivity contribution in [1.82, 2.24) is 15.3 Å². The minimum atomic E-state index is 0.215. The number of phenolic OH excluding ortho intramolecular Hbond substituents is 1. The molecule has 1 fully saturated rings. The van der Waals surface area contributed by atoms with Gasteiger partial charge in [-0.3, -0.25) is 0 Å². The van der Waals surface area contributed by atoms with E-state index in [0.717, 1.165) is 42.7 Å². The Morgan fingerprint density at radius 1 is 1.03 bits per heavy atom. The first-order valence-corrected chi connectivity index (χ1v) is 12.4. The number of aromatic hydroxyl groups is 1. The number of phenols is 1. The summed E-state index contributed by atoms with van der Waals surface area (Å²) < 4.78 is 0. The summed E-state index contributed by atoms with van der Waals surface area (Å²) >= 11 is 0. The molecule has 1 aliphatic rings. The molecule has 35 heavy (non-hydrogen) atoms. The second-order valence-electron chi connectivity index (χ2n) is 7.68. The topological polar surface area (TPSA) is 98.6 Å². The first-order chi connectivity index (χ1) is 17.0. The predicted molar refractivity (Wildman–Crippen MR) is 148 cm³/mol. The number of aliphatic hydroxyl groups excluding tert-OH is 1. The normalized spacial score (nSPS) is 11.6. The number of hydrogen-bond donors (Lipinski definition) is 3. The lowest BCUT2D eigenvalue weighted by Gasteiger charge is -2.19. The molecule has 2 heterocycles. The summed E-state index contributed by atoms with van der Waals surface area (Å²) in [5, 5.41) is 22.0. The summed E-state index contributed by atoms with van der Waals surface area (Å²) in [5.74, 6) is 1.78. The van der Waals surface area contributed by atoms with Gasteiger partial charge in [0.2, 0.25) is 0 Å². The first-order valence-electron chi connectivity index (χ1n) is 12.4. The number of carbonyl (C=O) groups excluding carboxylic acids is 1. The number of aryl methyl sites for hydroxylation is 1. The third kappa shape index (κ3) is 10.4. The van der Waals surface area contributed by atoms with E-state index in [1.165, 1.54) is 18.4 Å². The molecule has 7 nitrogen and oxygen atoms in total. The van der Waals surface area contributed by atoms with Crippen LogP contribution in [0.4, 0.5) is 5.82 Å². The Balaban J connectivity index is 0.000000824. The van der Waals surface area contributed by atoms with Crippen molar-refractivity contribution in [1.29, 1.82) is 0 Å². The quantitative estimate of drug-likeness (QED) is 0.458. The van der Waals surface area contributed by atoms with Crippen LogP contribution in [0.2, 0.25) is 0 Å². The van der Waals surface area contributed by atoms with Gasteiger partial charge in [-0.25, -0.2) is 9.97 Å². The van der Waals surface area contributed by atoms with Gasteiger partial charge in [-0.2, -0.15) is 0 Å². The fourth-order valence-corrected chi connectivity index (χ4v) is 3.33. The monoisotopic (exact) mass is 484 g/mol. The standard InChI is InChI=1S/C19H19N3O.C4H10O.C2H7N.C2H6.CH2O/c1-13-8-9-14-16(12-13)20-18(15-6-2-3-7-17(15)23)21-19(14)22-10-4-5-11-22;1-2-3-4-5;1-3-2;2*1-2/h2-3,6-9,12,23H,4-5,10-11H2,1H3;5H,2-4H2,1H3;3H,1-2H3;1-2H3;1H2. The molecule has 0 radical (unpaired) electrons. The number of para-hydroxylation sites is 1. The summed E-state index contributed by atoms with van der Waals surface area (Å²) in [6, 6.07) is 13.5. The molecule has 3 aromatic rings. The van der Waals surface area contributed by atoms with Crippen LogP contribution in [0.1, 0.15) is 52.0 Å². The Bertz CT molecular complexity index is 958. The first kappa shape index (κ1) is 32.0. The summed E-state index contributed by atoms with van der Waals surface area (Å²) in [7, 11) is 3.75. The maximum Gasteiger partial charge on any atom is 0.165 e. The third-order valence-corrected chi connectivity index (χ3v) is 4.89. The summed E-state index contributed by atoms with van der Waals surface area (Å²) in [6.07, 6.45) is 4.43. The SMILES string of the molecule is C=O.CC.CCCCO.CNC.Cc1ccc2c(N3CCCC3)nc(-c3ccccc3O)nc2c1. The molecule has 1 aromatic heterocycles. The van der Waals surface area contributed by atoms with Crippen molar-refractivity contribution in [3.8, 4) is 17.1 Å². The number of benzene rings is 2. The molecule has 0 amide bonds. The van der Waals surface area contributed by atoms with Crippen molar-refractivity contribution in [2.45, 2.75) is 53.4 Å². The third-order valence-electron chi connectivity index (χ3n) is 4.89. The highest BCUT2D eigenvalue weighted by Crippen LogP contribution is 2.32. The van der Waals surface area contributed by atoms with Crippen LogP contribution in [0, 0.1) is 6.92 Å². The van der Waals surface area contributed by atoms with E-state index >= 15 is 0 Å². The van der Waals surface area contributed by atoms with Crippen molar-refractivity contribution in [2.24, 2.45) is 0 Å². The Kier molecular flexibility index (Phi) is 17.6. The maximum absolute atomic E-state index is 10.2. The predicted octanol–water partition coefficient (Wildman–Crippen LogP) is 5.37. The van der Waals surface area contributed by atoms with Gasteiger partial charge >= 0.3 is 0 Å². The van der Waals surface area contributed by atoms with Crippen molar-refractivity contribution in [3.63, 3.8) is 0 Å². The number of aromatic nitrogens is 2. The van der Waals surface area contributed by atoms with E-state index in [9.17, 15) is 5.11 Å². The summed E-state index contributed by atoms with van der Waals surface area (Å²) in [6.45, 7) is 12.5. The average Bonchev–Trinajstić information content (AvgIpc) is 3.42. The number of rotatable bonds is 4. The van der Waals surface area contributed by atoms with Crippen molar-refractivity contribution < 1.29 is 15.0 Å². The van der Waals surface area contributed by atoms with Crippen LogP contribution in [0.15, 0.2) is 42.5 Å². The lowest BCUT2D eigenvalue weighted by molar-refractivity contribution is -0.0980. The van der Waals surface area contributed by atoms with Gasteiger partial charge < -0.3 is 25.2 Å². The zero-order valence-electron chi connectivity index (χ0n) is 22.3. The van der Waals surface area contributed by atoms with E-state index in [1.807, 2.05) is 52.9 Å². The highest BCUT2D eigenvalue weighted by molar-refractivity contribution is 5.92. The second-order valence-corrected chi connectivity index (χ2v) is 7.68. The van der Waals surface area contributed by atoms with Crippen molar-refractivity contribution >= 4 is 23.5 Å². The molecular formula is C28H44N4O3. The van der Waals surface area contributed by atoms with E-state index in [2.05, 4.69) is 42.3 Å². The number of carbonyl (C=O) groups is 1. The molecule has 194 valence electrons. The highest BCUT2D eigenvalue weighted by Gasteiger charge is 2.19. The Morgan fingerprint density at radius 2 is 1.63 bits per heavy atom. The lowest BCUT2D eigenvalue weighted by atomic mass is 10.1. The maximum atomic E-state index is 10.2. The van der Waals surface area contributed by atoms with E-state index in [4.69, 9.17) is 19.9 Å². The van der Waals surface area contributed by atoms with Crippen LogP contribution in [0.3, 0.4) is 0 Å². The molecule has 0 unspecified atom stereocenters. The molecule has 0 aliphatic carbocycles. The largest absolute Gasteiger partial charge is 0.507 e. The molecule has 0 atom stereocenters. The van der Waals surface area contributed by atoms with Gasteiger partial charge in [-0.05, 0) is 70.1 Å². The molecule has 0 spiro atoms. The van der Waals surface area contributed by atoms with Gasteiger partial charge in [0.15, 0.2) is 5.82 Å². The van der Waals surface area contributed by atoms with Crippen LogP contribution in [0.5, 0.6) is 5.75 Å². The minimum absolute atomic E-state index is 0.215. The number of aliphatic hydroxyl groups is 1. The number of unbranched alkanes of at least 4 members (excludes halogenated alkanes) is 1. The number of hydrogen-bond acceptors (Lipinski definition) is 7. The number of nitrogens with zero attached hydrogens (tertiary/aromatic N) is 3. The number of fused-ring (bicyclic) bond motifs is 1. The van der Waals surface area contributed by atoms with Gasteiger partial charge in [-0.15, -0.1) is 0 Å². The number of nitrogens with one attached hydrogen (secondary N) is 1. The summed E-state index contributed by atoms with van der Waals surface area (Å²) in [5.41, 5.74) is 2.78. The van der Waals surface area contributed by atoms with Gasteiger partial charge in [-0.1, -0.05) is 45.4 Å². The van der Waals surface area contributed by atoms with E-state index in [0.29, 0.717) is 18.0 Å². The van der Waals surface area contributed by atoms with Crippen LogP contribution in [-0.2, 0) is 4.79 Å². The fourth-order valence-electron chi connectivity index (χ4n) is 3.33. The zero-order valence-corrected chi connectivity index (χ0v) is 22.3. The fraction of sp³-hybridized carbons (Fsp3) is 0.464. The van der Waals surface area contributed by atoms with Crippen LogP contribution in [-0.4, -0.2) is 60.8 Å². The van der Waals surface area contributed by atoms with Crippen LogP contribution < -0.4 is 10.2 Å². The molecule has 2 aromatic carbocycles. The van der Waals surface area contributed by atoms with Gasteiger partial charge in [0.25, 0.3) is 0 Å². The summed E-state index contributed by atoms with van der Waals surface area (Å²) in [4.78, 5) is 19.8. The zero-order chi connectivity index (χ0) is 26.6. The molecular weight excluding hydrogens is 440 g/mol. The van der Waals surface area contributed by atoms with Crippen molar-refractivity contribution in [3.05, 3.63) is 48.0 Å². The Morgan fingerprint density at radius 3 is 2.14 bits per heavy atom. The molecule has 3 N–H and O–H groups in total. The van der Waals surface area contributed by atoms with Crippen molar-refractivity contribution in [2.75, 3.05) is 38.7 Å². The van der Waals surface area contributed by atoms with E-state index < -0.39 is 0 Å². The second kappa shape index (κ2) is 19.3. The number of anilines is 1. The van der Waals surface area contributed by atoms with E-state index in [-0.39, 0.29) is 5.75 Å². The molecule has 1 aliphatic heterocycles. The van der Waals surface area contributed by atoms with Gasteiger partial charge in [0, 0.05) is 25.1 Å². The molecule has 4 rings (SSSR count). The van der Waals surface area contributed by atoms with E-state index in [1.54, 1.807) is 6.07 Å². The molecule has 1 saturated heterocycles. The Labute approximate surface area is 211 Å². The lowest BCUT2D eigenvalue weighted by Crippen LogP contribution is -2.20. The van der Waals surface area contributed by atoms with Gasteiger partial charge in [0.1, 0.15) is 18.4 Å². The van der Waals surface area contributed by atoms with Crippen LogP contribution >= 0.6 is 0 Å². The molecule has 0 saturated carbocycles. The van der Waals surface area contributed by atoms with Crippen LogP contribution in [0.25, 0.3) is 22.3 Å².